The zero-order valence-corrected chi connectivity index (χ0v) is 34.8. The molecule has 1 aromatic heterocycles. The van der Waals surface area contributed by atoms with Crippen molar-refractivity contribution in [2.45, 2.75) is 96.4 Å². The topological polar surface area (TPSA) is 124 Å². The lowest BCUT2D eigenvalue weighted by Crippen LogP contribution is -2.45. The minimum Gasteiger partial charge on any atom is -0.469 e. The lowest BCUT2D eigenvalue weighted by Gasteiger charge is -2.43. The fourth-order valence-electron chi connectivity index (χ4n) is 8.77. The Morgan fingerprint density at radius 3 is 1.98 bits per heavy atom. The van der Waals surface area contributed by atoms with Gasteiger partial charge >= 0.3 is 17.9 Å². The minimum atomic E-state index is -0.711. The van der Waals surface area contributed by atoms with Gasteiger partial charge in [-0.3, -0.25) is 9.59 Å². The molecule has 1 saturated heterocycles. The maximum absolute atomic E-state index is 13.4. The molecule has 1 aliphatic heterocycles. The number of likely N-dealkylation sites (tertiary alicyclic amines) is 1. The summed E-state index contributed by atoms with van der Waals surface area (Å²) in [6, 6.07) is 27.9. The SMILES string of the molecule is COC(=O)CCCC(CCC1(CCN2CCC(NC(=O)c3occc3-c3ccc(C)cc3)CC2)CCCCC1)(COC(=O)c1ccccc1)COC(=O)c1ccccc1. The van der Waals surface area contributed by atoms with E-state index < -0.39 is 17.4 Å². The molecular formula is C49H60N2O8. The molecule has 1 N–H and O–H groups in total. The molecule has 0 atom stereocenters. The van der Waals surface area contributed by atoms with Gasteiger partial charge in [-0.1, -0.05) is 85.5 Å². The van der Waals surface area contributed by atoms with Crippen molar-refractivity contribution in [3.05, 3.63) is 120 Å². The summed E-state index contributed by atoms with van der Waals surface area (Å²) >= 11 is 0. The average Bonchev–Trinajstić information content (AvgIpc) is 3.78. The number of hydrogen-bond acceptors (Lipinski definition) is 9. The second-order valence-corrected chi connectivity index (χ2v) is 16.7. The van der Waals surface area contributed by atoms with Gasteiger partial charge in [0.05, 0.1) is 24.5 Å². The van der Waals surface area contributed by atoms with Crippen molar-refractivity contribution in [1.29, 1.82) is 0 Å². The van der Waals surface area contributed by atoms with Crippen LogP contribution < -0.4 is 5.32 Å². The highest BCUT2D eigenvalue weighted by Crippen LogP contribution is 2.47. The predicted octanol–water partition coefficient (Wildman–Crippen LogP) is 9.61. The van der Waals surface area contributed by atoms with E-state index in [2.05, 4.69) is 10.2 Å². The number of carbonyl (C=O) groups is 4. The summed E-state index contributed by atoms with van der Waals surface area (Å²) in [5.41, 5.74) is 3.20. The van der Waals surface area contributed by atoms with E-state index >= 15 is 0 Å². The molecule has 314 valence electrons. The number of ether oxygens (including phenoxy) is 3. The number of carbonyl (C=O) groups excluding carboxylic acids is 4. The largest absolute Gasteiger partial charge is 0.469 e. The molecule has 1 saturated carbocycles. The van der Waals surface area contributed by atoms with Gasteiger partial charge in [-0.25, -0.2) is 9.59 Å². The van der Waals surface area contributed by atoms with Crippen molar-refractivity contribution in [3.63, 3.8) is 0 Å². The summed E-state index contributed by atoms with van der Waals surface area (Å²) in [6.07, 6.45) is 12.9. The van der Waals surface area contributed by atoms with Gasteiger partial charge in [0.15, 0.2) is 5.76 Å². The Hall–Kier alpha value is -5.22. The van der Waals surface area contributed by atoms with Crippen LogP contribution in [0.2, 0.25) is 0 Å². The Labute approximate surface area is 349 Å². The summed E-state index contributed by atoms with van der Waals surface area (Å²) in [5.74, 6) is -0.993. The van der Waals surface area contributed by atoms with Crippen molar-refractivity contribution >= 4 is 23.8 Å². The van der Waals surface area contributed by atoms with Crippen LogP contribution >= 0.6 is 0 Å². The van der Waals surface area contributed by atoms with Crippen LogP contribution in [0.1, 0.15) is 120 Å². The molecule has 6 rings (SSSR count). The predicted molar refractivity (Wildman–Crippen MR) is 227 cm³/mol. The van der Waals surface area contributed by atoms with Crippen molar-refractivity contribution in [2.75, 3.05) is 40.0 Å². The van der Waals surface area contributed by atoms with Crippen LogP contribution in [0.4, 0.5) is 0 Å². The van der Waals surface area contributed by atoms with Crippen LogP contribution in [0.25, 0.3) is 11.1 Å². The molecular weight excluding hydrogens is 745 g/mol. The molecule has 0 bridgehead atoms. The number of aryl methyl sites for hydroxylation is 1. The third kappa shape index (κ3) is 12.4. The third-order valence-corrected chi connectivity index (χ3v) is 12.6. The van der Waals surface area contributed by atoms with Crippen molar-refractivity contribution in [1.82, 2.24) is 10.2 Å². The Morgan fingerprint density at radius 1 is 0.780 bits per heavy atom. The lowest BCUT2D eigenvalue weighted by atomic mass is 9.65. The summed E-state index contributed by atoms with van der Waals surface area (Å²) < 4.78 is 22.7. The molecule has 0 unspecified atom stereocenters. The Kier molecular flexibility index (Phi) is 15.6. The monoisotopic (exact) mass is 804 g/mol. The number of piperidine rings is 1. The Balaban J connectivity index is 1.11. The fraction of sp³-hybridized carbons (Fsp3) is 0.469. The van der Waals surface area contributed by atoms with E-state index in [4.69, 9.17) is 18.6 Å². The van der Waals surface area contributed by atoms with Gasteiger partial charge in [0.25, 0.3) is 5.91 Å². The van der Waals surface area contributed by atoms with Crippen LogP contribution in [0.15, 0.2) is 102 Å². The van der Waals surface area contributed by atoms with E-state index in [9.17, 15) is 19.2 Å². The van der Waals surface area contributed by atoms with E-state index in [0.29, 0.717) is 36.1 Å². The minimum absolute atomic E-state index is 0.0593. The van der Waals surface area contributed by atoms with Crippen LogP contribution in [0, 0.1) is 17.8 Å². The first-order chi connectivity index (χ1) is 28.7. The third-order valence-electron chi connectivity index (χ3n) is 12.6. The number of methoxy groups -OCH3 is 1. The number of amides is 1. The smallest absolute Gasteiger partial charge is 0.338 e. The first kappa shape index (κ1) is 43.4. The van der Waals surface area contributed by atoms with E-state index in [1.165, 1.54) is 13.5 Å². The number of nitrogens with one attached hydrogen (secondary N) is 1. The maximum atomic E-state index is 13.4. The second-order valence-electron chi connectivity index (χ2n) is 16.7. The van der Waals surface area contributed by atoms with Crippen LogP contribution in [0.5, 0.6) is 0 Å². The van der Waals surface area contributed by atoms with E-state index in [1.807, 2.05) is 49.4 Å². The Bertz CT molecular complexity index is 1890. The van der Waals surface area contributed by atoms with Crippen molar-refractivity contribution in [2.24, 2.45) is 10.8 Å². The first-order valence-corrected chi connectivity index (χ1v) is 21.4. The number of furan rings is 1. The Morgan fingerprint density at radius 2 is 1.39 bits per heavy atom. The number of hydrogen-bond donors (Lipinski definition) is 1. The van der Waals surface area contributed by atoms with Gasteiger partial charge in [0.1, 0.15) is 13.2 Å². The molecule has 1 amide bonds. The van der Waals surface area contributed by atoms with Crippen LogP contribution in [-0.2, 0) is 19.0 Å². The molecule has 10 nitrogen and oxygen atoms in total. The highest BCUT2D eigenvalue weighted by Gasteiger charge is 2.40. The quantitative estimate of drug-likeness (QED) is 0.0729. The molecule has 59 heavy (non-hydrogen) atoms. The second kappa shape index (κ2) is 21.2. The number of rotatable bonds is 19. The van der Waals surface area contributed by atoms with Gasteiger partial charge in [-0.15, -0.1) is 0 Å². The molecule has 10 heteroatoms. The summed E-state index contributed by atoms with van der Waals surface area (Å²) in [4.78, 5) is 54.8. The molecule has 2 heterocycles. The average molecular weight is 805 g/mol. The zero-order valence-electron chi connectivity index (χ0n) is 34.8. The maximum Gasteiger partial charge on any atom is 0.338 e. The number of esters is 3. The summed E-state index contributed by atoms with van der Waals surface area (Å²) in [6.45, 7) is 4.91. The first-order valence-electron chi connectivity index (χ1n) is 21.4. The number of nitrogens with zero attached hydrogens (tertiary/aromatic N) is 1. The van der Waals surface area contributed by atoms with Crippen molar-refractivity contribution < 1.29 is 37.8 Å². The molecule has 1 aliphatic carbocycles. The normalized spacial score (nSPS) is 15.9. The van der Waals surface area contributed by atoms with E-state index in [1.54, 1.807) is 54.8 Å². The van der Waals surface area contributed by atoms with Crippen LogP contribution in [-0.4, -0.2) is 74.7 Å². The van der Waals surface area contributed by atoms with E-state index in [-0.39, 0.29) is 43.0 Å². The van der Waals surface area contributed by atoms with Crippen molar-refractivity contribution in [3.8, 4) is 11.1 Å². The van der Waals surface area contributed by atoms with Gasteiger partial charge in [-0.2, -0.15) is 0 Å². The highest BCUT2D eigenvalue weighted by molar-refractivity contribution is 5.98. The summed E-state index contributed by atoms with van der Waals surface area (Å²) in [5, 5.41) is 3.24. The van der Waals surface area contributed by atoms with Gasteiger partial charge in [-0.05, 0) is 113 Å². The van der Waals surface area contributed by atoms with Gasteiger partial charge in [0, 0.05) is 36.5 Å². The molecule has 4 aromatic rings. The summed E-state index contributed by atoms with van der Waals surface area (Å²) in [7, 11) is 1.38. The molecule has 2 fully saturated rings. The highest BCUT2D eigenvalue weighted by atomic mass is 16.5. The molecule has 0 radical (unpaired) electrons. The van der Waals surface area contributed by atoms with Gasteiger partial charge in [0.2, 0.25) is 0 Å². The molecule has 0 spiro atoms. The molecule has 3 aromatic carbocycles. The van der Waals surface area contributed by atoms with E-state index in [0.717, 1.165) is 87.7 Å². The standard InChI is InChI=1S/C49H60N2O8/c1-37-18-20-38(21-19-37)42-24-34-57-44(42)45(53)50-41-22-31-51(32-23-41)33-30-48(25-10-5-11-26-48)28-29-49(27-12-17-43(52)56-2,35-58-46(54)39-13-6-3-7-14-39)36-59-47(55)40-15-8-4-9-16-40/h3-4,6-9,13-16,18-21,24,34,41H,5,10-12,17,22-23,25-33,35-36H2,1-2H3,(H,50,53). The fourth-order valence-corrected chi connectivity index (χ4v) is 8.77. The number of benzene rings is 3. The van der Waals surface area contributed by atoms with Gasteiger partial charge < -0.3 is 28.8 Å². The lowest BCUT2D eigenvalue weighted by molar-refractivity contribution is -0.141. The van der Waals surface area contributed by atoms with Crippen LogP contribution in [0.3, 0.4) is 0 Å². The molecule has 2 aliphatic rings. The zero-order chi connectivity index (χ0) is 41.5.